The van der Waals surface area contributed by atoms with Gasteiger partial charge in [0.05, 0.1) is 12.1 Å². The van der Waals surface area contributed by atoms with E-state index in [9.17, 15) is 27.6 Å². The van der Waals surface area contributed by atoms with Crippen LogP contribution in [0.4, 0.5) is 23.2 Å². The number of nitrogens with one attached hydrogen (secondary N) is 2. The summed E-state index contributed by atoms with van der Waals surface area (Å²) in [4.78, 5) is 40.0. The Balaban J connectivity index is 1.54. The number of nitrogens with zero attached hydrogens (tertiary/aromatic N) is 1. The van der Waals surface area contributed by atoms with Gasteiger partial charge < -0.3 is 15.5 Å². The second kappa shape index (κ2) is 8.66. The lowest BCUT2D eigenvalue weighted by atomic mass is 9.94. The number of alkyl halides is 4. The third-order valence-corrected chi connectivity index (χ3v) is 6.69. The Hall–Kier alpha value is -3.43. The second-order valence-electron chi connectivity index (χ2n) is 9.39. The molecule has 0 spiro atoms. The number of para-hydroxylation sites is 1. The number of hydrogen-bond donors (Lipinski definition) is 2. The molecule has 2 aromatic carbocycles. The van der Waals surface area contributed by atoms with Crippen molar-refractivity contribution in [1.29, 1.82) is 0 Å². The molecule has 10 heteroatoms. The van der Waals surface area contributed by atoms with Crippen molar-refractivity contribution in [2.24, 2.45) is 5.41 Å². The third-order valence-electron chi connectivity index (χ3n) is 6.69. The fourth-order valence-electron chi connectivity index (χ4n) is 4.39. The van der Waals surface area contributed by atoms with E-state index in [2.05, 4.69) is 10.6 Å². The monoisotopic (exact) mass is 491 g/mol. The molecule has 2 aromatic rings. The second-order valence-corrected chi connectivity index (χ2v) is 9.39. The van der Waals surface area contributed by atoms with Crippen molar-refractivity contribution >= 4 is 23.4 Å². The number of rotatable bonds is 6. The van der Waals surface area contributed by atoms with E-state index in [0.717, 1.165) is 12.5 Å². The SMILES string of the molecule is CN1C(=O)C(NC(=O)C(C)(F)C(=O)NCC2(CC(F)(F)F)CC2)c2ccccc2-c2ccccc21. The lowest BCUT2D eigenvalue weighted by Gasteiger charge is -2.26. The van der Waals surface area contributed by atoms with Gasteiger partial charge in [-0.05, 0) is 42.4 Å². The molecule has 1 heterocycles. The molecule has 4 rings (SSSR count). The molecule has 35 heavy (non-hydrogen) atoms. The highest BCUT2D eigenvalue weighted by molar-refractivity contribution is 6.11. The van der Waals surface area contributed by atoms with E-state index in [1.807, 2.05) is 6.07 Å². The van der Waals surface area contributed by atoms with Gasteiger partial charge in [-0.2, -0.15) is 13.2 Å². The highest BCUT2D eigenvalue weighted by Crippen LogP contribution is 2.52. The van der Waals surface area contributed by atoms with Gasteiger partial charge in [0.15, 0.2) is 0 Å². The van der Waals surface area contributed by atoms with Gasteiger partial charge in [0, 0.05) is 19.2 Å². The zero-order chi connectivity index (χ0) is 25.6. The molecule has 0 aromatic heterocycles. The minimum atomic E-state index is -4.41. The predicted octanol–water partition coefficient (Wildman–Crippen LogP) is 4.06. The summed E-state index contributed by atoms with van der Waals surface area (Å²) in [5, 5.41) is 4.52. The van der Waals surface area contributed by atoms with Crippen LogP contribution in [0.3, 0.4) is 0 Å². The summed E-state index contributed by atoms with van der Waals surface area (Å²) < 4.78 is 53.7. The lowest BCUT2D eigenvalue weighted by Crippen LogP contribution is -2.55. The average Bonchev–Trinajstić information content (AvgIpc) is 3.58. The first-order valence-electron chi connectivity index (χ1n) is 11.2. The Morgan fingerprint density at radius 1 is 1.00 bits per heavy atom. The first kappa shape index (κ1) is 24.7. The summed E-state index contributed by atoms with van der Waals surface area (Å²) in [7, 11) is 1.53. The van der Waals surface area contributed by atoms with Gasteiger partial charge in [0.25, 0.3) is 23.4 Å². The maximum atomic E-state index is 15.4. The van der Waals surface area contributed by atoms with Crippen LogP contribution in [0.1, 0.15) is 37.8 Å². The molecule has 1 aliphatic carbocycles. The fourth-order valence-corrected chi connectivity index (χ4v) is 4.39. The van der Waals surface area contributed by atoms with Gasteiger partial charge >= 0.3 is 6.18 Å². The number of likely N-dealkylation sites (N-methyl/N-ethyl adjacent to an activating group) is 1. The first-order valence-corrected chi connectivity index (χ1v) is 11.2. The number of anilines is 1. The average molecular weight is 491 g/mol. The van der Waals surface area contributed by atoms with Crippen molar-refractivity contribution in [3.8, 4) is 11.1 Å². The molecule has 6 nitrogen and oxygen atoms in total. The largest absolute Gasteiger partial charge is 0.389 e. The quantitative estimate of drug-likeness (QED) is 0.473. The maximum absolute atomic E-state index is 15.4. The van der Waals surface area contributed by atoms with Crippen LogP contribution in [-0.2, 0) is 14.4 Å². The van der Waals surface area contributed by atoms with Crippen LogP contribution < -0.4 is 15.5 Å². The minimum absolute atomic E-state index is 0.252. The van der Waals surface area contributed by atoms with Gasteiger partial charge in [0.1, 0.15) is 6.04 Å². The van der Waals surface area contributed by atoms with E-state index < -0.39 is 47.4 Å². The van der Waals surface area contributed by atoms with Gasteiger partial charge in [-0.25, -0.2) is 4.39 Å². The normalized spacial score (nSPS) is 20.1. The highest BCUT2D eigenvalue weighted by Gasteiger charge is 2.52. The number of hydrogen-bond acceptors (Lipinski definition) is 3. The highest BCUT2D eigenvalue weighted by atomic mass is 19.4. The Morgan fingerprint density at radius 2 is 1.60 bits per heavy atom. The summed E-state index contributed by atoms with van der Waals surface area (Å²) in [6, 6.07) is 12.7. The number of fused-ring (bicyclic) bond motifs is 3. The zero-order valence-corrected chi connectivity index (χ0v) is 19.2. The van der Waals surface area contributed by atoms with Gasteiger partial charge in [-0.1, -0.05) is 42.5 Å². The molecule has 0 saturated heterocycles. The summed E-state index contributed by atoms with van der Waals surface area (Å²) in [5.41, 5.74) is -1.83. The summed E-state index contributed by atoms with van der Waals surface area (Å²) in [6.07, 6.45) is -4.99. The lowest BCUT2D eigenvalue weighted by molar-refractivity contribution is -0.151. The summed E-state index contributed by atoms with van der Waals surface area (Å²) in [5.74, 6) is -3.24. The van der Waals surface area contributed by atoms with Crippen molar-refractivity contribution in [2.45, 2.75) is 44.1 Å². The van der Waals surface area contributed by atoms with E-state index in [-0.39, 0.29) is 19.4 Å². The van der Waals surface area contributed by atoms with Gasteiger partial charge in [-0.15, -0.1) is 0 Å². The van der Waals surface area contributed by atoms with Crippen LogP contribution in [0, 0.1) is 5.41 Å². The number of amides is 3. The first-order chi connectivity index (χ1) is 16.3. The topological polar surface area (TPSA) is 78.5 Å². The Kier molecular flexibility index (Phi) is 6.11. The molecule has 1 saturated carbocycles. The predicted molar refractivity (Wildman–Crippen MR) is 121 cm³/mol. The Labute approximate surface area is 199 Å². The standard InChI is InChI=1S/C25H25F4N3O3/c1-23(26,21(34)30-14-24(11-12-24)13-25(27,28)29)22(35)31-19-17-9-4-3-7-15(17)16-8-5-6-10-18(16)32(2)20(19)33/h3-10,19H,11-14H2,1-2H3,(H,30,34)(H,31,35). The van der Waals surface area contributed by atoms with E-state index in [1.165, 1.54) is 11.9 Å². The molecular weight excluding hydrogens is 466 g/mol. The minimum Gasteiger partial charge on any atom is -0.352 e. The number of carbonyl (C=O) groups is 3. The summed E-state index contributed by atoms with van der Waals surface area (Å²) >= 11 is 0. The zero-order valence-electron chi connectivity index (χ0n) is 19.2. The van der Waals surface area contributed by atoms with Crippen LogP contribution in [0.5, 0.6) is 0 Å². The molecule has 1 fully saturated rings. The van der Waals surface area contributed by atoms with Crippen molar-refractivity contribution in [2.75, 3.05) is 18.5 Å². The fraction of sp³-hybridized carbons (Fsp3) is 0.400. The third kappa shape index (κ3) is 4.87. The van der Waals surface area contributed by atoms with E-state index >= 15 is 4.39 Å². The number of halogens is 4. The molecule has 186 valence electrons. The van der Waals surface area contributed by atoms with Crippen LogP contribution >= 0.6 is 0 Å². The van der Waals surface area contributed by atoms with Gasteiger partial charge in [-0.3, -0.25) is 14.4 Å². The van der Waals surface area contributed by atoms with E-state index in [1.54, 1.807) is 42.5 Å². The van der Waals surface area contributed by atoms with Crippen LogP contribution in [-0.4, -0.2) is 43.2 Å². The Bertz CT molecular complexity index is 1170. The number of carbonyl (C=O) groups excluding carboxylic acids is 3. The molecule has 2 N–H and O–H groups in total. The summed E-state index contributed by atoms with van der Waals surface area (Å²) in [6.45, 7) is 0.341. The van der Waals surface area contributed by atoms with Gasteiger partial charge in [0.2, 0.25) is 0 Å². The smallest absolute Gasteiger partial charge is 0.352 e. The van der Waals surface area contributed by atoms with Crippen molar-refractivity contribution < 1.29 is 31.9 Å². The molecule has 1 aliphatic heterocycles. The molecule has 2 atom stereocenters. The molecule has 3 amide bonds. The molecule has 0 radical (unpaired) electrons. The molecular formula is C25H25F4N3O3. The molecule has 2 aliphatic rings. The maximum Gasteiger partial charge on any atom is 0.389 e. The van der Waals surface area contributed by atoms with Crippen LogP contribution in [0.15, 0.2) is 48.5 Å². The van der Waals surface area contributed by atoms with E-state index in [0.29, 0.717) is 16.8 Å². The molecule has 0 bridgehead atoms. The van der Waals surface area contributed by atoms with Crippen LogP contribution in [0.2, 0.25) is 0 Å². The number of benzene rings is 2. The van der Waals surface area contributed by atoms with Crippen molar-refractivity contribution in [3.63, 3.8) is 0 Å². The van der Waals surface area contributed by atoms with Crippen LogP contribution in [0.25, 0.3) is 11.1 Å². The molecule has 2 unspecified atom stereocenters. The van der Waals surface area contributed by atoms with E-state index in [4.69, 9.17) is 0 Å². The van der Waals surface area contributed by atoms with Crippen molar-refractivity contribution in [3.05, 3.63) is 54.1 Å². The van der Waals surface area contributed by atoms with Crippen molar-refractivity contribution in [1.82, 2.24) is 10.6 Å². The Morgan fingerprint density at radius 3 is 2.23 bits per heavy atom.